The van der Waals surface area contributed by atoms with Crippen molar-refractivity contribution in [3.05, 3.63) is 78.1 Å². The number of hydrogen-bond donors (Lipinski definition) is 3. The van der Waals surface area contributed by atoms with Gasteiger partial charge < -0.3 is 24.6 Å². The molecule has 0 fully saturated rings. The summed E-state index contributed by atoms with van der Waals surface area (Å²) in [5, 5.41) is 21.4. The van der Waals surface area contributed by atoms with E-state index in [4.69, 9.17) is 34.1 Å². The summed E-state index contributed by atoms with van der Waals surface area (Å²) >= 11 is 0. The number of pyridine rings is 2. The first kappa shape index (κ1) is 38.1. The van der Waals surface area contributed by atoms with Gasteiger partial charge in [0.2, 0.25) is 0 Å². The number of carbonyl (C=O) groups is 3. The maximum atomic E-state index is 10.6. The minimum Gasteiger partial charge on any atom is -0.475 e. The number of fused-ring (bicyclic) bond motifs is 1. The van der Waals surface area contributed by atoms with Gasteiger partial charge in [0.1, 0.15) is 11.6 Å². The molecule has 3 aromatic rings. The van der Waals surface area contributed by atoms with Crippen LogP contribution in [0.2, 0.25) is 0 Å². The highest BCUT2D eigenvalue weighted by Crippen LogP contribution is 2.25. The van der Waals surface area contributed by atoms with Gasteiger partial charge in [-0.1, -0.05) is 12.1 Å². The molecule has 11 nitrogen and oxygen atoms in total. The molecule has 0 bridgehead atoms. The topological polar surface area (TPSA) is 157 Å². The number of alkyl halides is 9. The summed E-state index contributed by atoms with van der Waals surface area (Å²) in [5.41, 5.74) is 2.46. The van der Waals surface area contributed by atoms with Crippen LogP contribution in [-0.4, -0.2) is 79.7 Å². The van der Waals surface area contributed by atoms with Crippen molar-refractivity contribution in [3.8, 4) is 0 Å². The number of carboxylic acids is 3. The summed E-state index contributed by atoms with van der Waals surface area (Å²) in [7, 11) is 0. The quantitative estimate of drug-likeness (QED) is 0.324. The summed E-state index contributed by atoms with van der Waals surface area (Å²) in [6.07, 6.45) is -7.91. The molecule has 45 heavy (non-hydrogen) atoms. The average molecular weight is 662 g/mol. The second kappa shape index (κ2) is 16.8. The van der Waals surface area contributed by atoms with E-state index in [2.05, 4.69) is 31.9 Å². The highest BCUT2D eigenvalue weighted by atomic mass is 19.4. The molecule has 0 aliphatic carbocycles. The maximum absolute atomic E-state index is 10.6. The zero-order valence-corrected chi connectivity index (χ0v) is 22.5. The molecule has 0 saturated carbocycles. The Labute approximate surface area is 247 Å². The molecule has 0 amide bonds. The predicted molar refractivity (Wildman–Crippen MR) is 133 cm³/mol. The molecule has 0 unspecified atom stereocenters. The van der Waals surface area contributed by atoms with Crippen molar-refractivity contribution >= 4 is 23.7 Å². The van der Waals surface area contributed by atoms with E-state index in [1.807, 2.05) is 42.9 Å². The number of anilines is 1. The monoisotopic (exact) mass is 662 g/mol. The van der Waals surface area contributed by atoms with Crippen LogP contribution in [0.15, 0.2) is 65.7 Å². The lowest BCUT2D eigenvalue weighted by atomic mass is 10.2. The molecule has 4 rings (SSSR count). The van der Waals surface area contributed by atoms with E-state index in [1.165, 1.54) is 11.1 Å². The third-order valence-corrected chi connectivity index (χ3v) is 5.03. The Morgan fingerprint density at radius 1 is 0.756 bits per heavy atom. The first-order valence-corrected chi connectivity index (χ1v) is 11.9. The molecule has 20 heteroatoms. The number of carboxylic acid groups (broad SMARTS) is 3. The van der Waals surface area contributed by atoms with Gasteiger partial charge in [0.25, 0.3) is 0 Å². The summed E-state index contributed by atoms with van der Waals surface area (Å²) < 4.78 is 101. The molecule has 4 heterocycles. The summed E-state index contributed by atoms with van der Waals surface area (Å²) in [6, 6.07) is 12.2. The van der Waals surface area contributed by atoms with Crippen molar-refractivity contribution in [2.24, 2.45) is 0 Å². The van der Waals surface area contributed by atoms with E-state index in [0.717, 1.165) is 44.3 Å². The third kappa shape index (κ3) is 14.9. The second-order valence-electron chi connectivity index (χ2n) is 8.47. The fourth-order valence-corrected chi connectivity index (χ4v) is 3.15. The molecule has 248 valence electrons. The van der Waals surface area contributed by atoms with Gasteiger partial charge in [-0.2, -0.15) is 39.5 Å². The van der Waals surface area contributed by atoms with Gasteiger partial charge >= 0.3 is 36.4 Å². The van der Waals surface area contributed by atoms with Crippen LogP contribution < -0.4 is 4.90 Å². The van der Waals surface area contributed by atoms with Crippen molar-refractivity contribution in [1.29, 1.82) is 0 Å². The lowest BCUT2D eigenvalue weighted by Crippen LogP contribution is -2.31. The van der Waals surface area contributed by atoms with Crippen LogP contribution in [0, 0.1) is 0 Å². The van der Waals surface area contributed by atoms with Crippen LogP contribution in [0.1, 0.15) is 16.9 Å². The van der Waals surface area contributed by atoms with E-state index in [-0.39, 0.29) is 0 Å². The first-order chi connectivity index (χ1) is 20.7. The van der Waals surface area contributed by atoms with Gasteiger partial charge in [-0.25, -0.2) is 19.4 Å². The van der Waals surface area contributed by atoms with Gasteiger partial charge in [-0.05, 0) is 29.8 Å². The van der Waals surface area contributed by atoms with Gasteiger partial charge in [0.05, 0.1) is 12.8 Å². The van der Waals surface area contributed by atoms with Gasteiger partial charge in [0, 0.05) is 50.3 Å². The second-order valence-corrected chi connectivity index (χ2v) is 8.47. The van der Waals surface area contributed by atoms with Crippen molar-refractivity contribution in [1.82, 2.24) is 14.9 Å². The molecule has 0 atom stereocenters. The number of halogens is 9. The Bertz CT molecular complexity index is 1290. The van der Waals surface area contributed by atoms with Crippen molar-refractivity contribution < 1.29 is 73.6 Å². The number of rotatable bonds is 4. The molecule has 0 aromatic carbocycles. The number of furan rings is 1. The Balaban J connectivity index is 0.000000396. The minimum atomic E-state index is -5.08. The Morgan fingerprint density at radius 3 is 1.73 bits per heavy atom. The fraction of sp³-hybridized carbons (Fsp3) is 0.320. The van der Waals surface area contributed by atoms with Crippen molar-refractivity contribution in [2.45, 2.75) is 38.2 Å². The summed E-state index contributed by atoms with van der Waals surface area (Å²) in [4.78, 5) is 40.3. The van der Waals surface area contributed by atoms with Crippen LogP contribution in [0.25, 0.3) is 0 Å². The zero-order valence-electron chi connectivity index (χ0n) is 22.5. The highest BCUT2D eigenvalue weighted by molar-refractivity contribution is 5.73. The van der Waals surface area contributed by atoms with Crippen LogP contribution >= 0.6 is 0 Å². The molecule has 1 aliphatic heterocycles. The third-order valence-electron chi connectivity index (χ3n) is 5.03. The van der Waals surface area contributed by atoms with E-state index in [1.54, 1.807) is 6.26 Å². The molecule has 3 aromatic heterocycles. The van der Waals surface area contributed by atoms with Gasteiger partial charge in [-0.3, -0.25) is 9.88 Å². The molecular weight excluding hydrogens is 639 g/mol. The van der Waals surface area contributed by atoms with Gasteiger partial charge in [-0.15, -0.1) is 0 Å². The smallest absolute Gasteiger partial charge is 0.475 e. The minimum absolute atomic E-state index is 0.821. The normalized spacial score (nSPS) is 13.3. The SMILES string of the molecule is O=C(O)C(F)(F)F.O=C(O)C(F)(F)F.O=C(O)C(F)(F)F.c1cncc(CN2CCN(Cc3ccco3)Cc3cccnc32)c1. The van der Waals surface area contributed by atoms with E-state index < -0.39 is 36.4 Å². The lowest BCUT2D eigenvalue weighted by molar-refractivity contribution is -0.193. The summed E-state index contributed by atoms with van der Waals surface area (Å²) in [5.74, 6) is -6.20. The fourth-order valence-electron chi connectivity index (χ4n) is 3.15. The number of hydrogen-bond acceptors (Lipinski definition) is 8. The van der Waals surface area contributed by atoms with Gasteiger partial charge in [0.15, 0.2) is 0 Å². The molecule has 1 aliphatic rings. The molecule has 0 radical (unpaired) electrons. The summed E-state index contributed by atoms with van der Waals surface area (Å²) in [6.45, 7) is 4.43. The van der Waals surface area contributed by atoms with E-state index >= 15 is 0 Å². The van der Waals surface area contributed by atoms with Crippen LogP contribution in [0.4, 0.5) is 45.3 Å². The molecule has 0 saturated heterocycles. The number of aromatic nitrogens is 2. The van der Waals surface area contributed by atoms with Crippen LogP contribution in [0.3, 0.4) is 0 Å². The van der Waals surface area contributed by atoms with E-state index in [0.29, 0.717) is 0 Å². The highest BCUT2D eigenvalue weighted by Gasteiger charge is 2.39. The predicted octanol–water partition coefficient (Wildman–Crippen LogP) is 4.99. The Hall–Kier alpha value is -4.88. The molecule has 3 N–H and O–H groups in total. The van der Waals surface area contributed by atoms with Crippen LogP contribution in [0.5, 0.6) is 0 Å². The van der Waals surface area contributed by atoms with Crippen LogP contribution in [-0.2, 0) is 34.0 Å². The Morgan fingerprint density at radius 2 is 1.29 bits per heavy atom. The largest absolute Gasteiger partial charge is 0.490 e. The molecule has 0 spiro atoms. The van der Waals surface area contributed by atoms with Crippen molar-refractivity contribution in [2.75, 3.05) is 18.0 Å². The Kier molecular flexibility index (Phi) is 14.3. The van der Waals surface area contributed by atoms with E-state index in [9.17, 15) is 39.5 Å². The lowest BCUT2D eigenvalue weighted by Gasteiger charge is -2.23. The maximum Gasteiger partial charge on any atom is 0.490 e. The average Bonchev–Trinajstić information content (AvgIpc) is 3.38. The first-order valence-electron chi connectivity index (χ1n) is 11.9. The molecular formula is C25H23F9N4O7. The number of nitrogens with zero attached hydrogens (tertiary/aromatic N) is 4. The number of aliphatic carboxylic acids is 3. The standard InChI is InChI=1S/C19H20N4O.3C2HF3O2/c1-4-16(12-20-7-1)13-23-10-9-22(15-18-6-3-11-24-18)14-17-5-2-8-21-19(17)23;3*3-2(4,5)1(6)7/h1-8,11-12H,9-10,13-15H2;3*(H,6,7). The van der Waals surface area contributed by atoms with Crippen molar-refractivity contribution in [3.63, 3.8) is 0 Å². The zero-order chi connectivity index (χ0) is 34.4.